The maximum Gasteiger partial charge on any atom is 0.191 e. The van der Waals surface area contributed by atoms with E-state index >= 15 is 0 Å². The SMILES string of the molecule is CN=C(NCC1CCN(C2CC2)C1)NCC(c1cccs1)N1CCOCC1. The molecule has 2 atom stereocenters. The average Bonchev–Trinajstić information content (AvgIpc) is 3.21. The maximum atomic E-state index is 5.54. The maximum absolute atomic E-state index is 5.54. The Kier molecular flexibility index (Phi) is 6.65. The number of hydrogen-bond donors (Lipinski definition) is 2. The molecule has 0 radical (unpaired) electrons. The van der Waals surface area contributed by atoms with Gasteiger partial charge in [0, 0.05) is 50.7 Å². The van der Waals surface area contributed by atoms with Crippen LogP contribution in [-0.4, -0.2) is 81.3 Å². The lowest BCUT2D eigenvalue weighted by atomic mass is 10.1. The number of rotatable bonds is 7. The summed E-state index contributed by atoms with van der Waals surface area (Å²) in [5.41, 5.74) is 0. The Balaban J connectivity index is 1.26. The van der Waals surface area contributed by atoms with Gasteiger partial charge in [0.25, 0.3) is 0 Å². The molecule has 0 spiro atoms. The molecule has 2 unspecified atom stereocenters. The standard InChI is InChI=1S/C20H33N5OS/c1-21-20(22-13-16-6-7-25(15-16)17-4-5-17)23-14-18(19-3-2-12-27-19)24-8-10-26-11-9-24/h2-3,12,16-18H,4-11,13-15H2,1H3,(H2,21,22,23). The lowest BCUT2D eigenvalue weighted by Crippen LogP contribution is -2.46. The van der Waals surface area contributed by atoms with Crippen molar-refractivity contribution in [1.82, 2.24) is 20.4 Å². The molecule has 7 heteroatoms. The van der Waals surface area contributed by atoms with Gasteiger partial charge in [-0.05, 0) is 43.2 Å². The van der Waals surface area contributed by atoms with E-state index in [1.807, 2.05) is 18.4 Å². The van der Waals surface area contributed by atoms with Crippen molar-refractivity contribution in [3.05, 3.63) is 22.4 Å². The molecule has 1 aromatic heterocycles. The Morgan fingerprint density at radius 3 is 2.81 bits per heavy atom. The van der Waals surface area contributed by atoms with Gasteiger partial charge in [0.15, 0.2) is 5.96 Å². The summed E-state index contributed by atoms with van der Waals surface area (Å²) in [6.07, 6.45) is 4.14. The number of nitrogens with one attached hydrogen (secondary N) is 2. The fourth-order valence-corrected chi connectivity index (χ4v) is 5.10. The summed E-state index contributed by atoms with van der Waals surface area (Å²) in [4.78, 5) is 11.1. The Hall–Kier alpha value is -1.15. The topological polar surface area (TPSA) is 52.1 Å². The Labute approximate surface area is 167 Å². The minimum absolute atomic E-state index is 0.379. The van der Waals surface area contributed by atoms with Crippen molar-refractivity contribution in [2.24, 2.45) is 10.9 Å². The van der Waals surface area contributed by atoms with Crippen LogP contribution in [0.4, 0.5) is 0 Å². The first-order valence-corrected chi connectivity index (χ1v) is 11.2. The summed E-state index contributed by atoms with van der Waals surface area (Å²) in [5, 5.41) is 9.31. The molecule has 0 amide bonds. The summed E-state index contributed by atoms with van der Waals surface area (Å²) in [7, 11) is 1.87. The van der Waals surface area contributed by atoms with Crippen LogP contribution < -0.4 is 10.6 Å². The Bertz CT molecular complexity index is 598. The number of guanidine groups is 1. The van der Waals surface area contributed by atoms with Crippen LogP contribution in [0.1, 0.15) is 30.2 Å². The lowest BCUT2D eigenvalue weighted by Gasteiger charge is -2.34. The van der Waals surface area contributed by atoms with E-state index in [0.29, 0.717) is 6.04 Å². The molecule has 3 aliphatic rings. The van der Waals surface area contributed by atoms with Crippen molar-refractivity contribution in [2.75, 3.05) is 59.5 Å². The molecular weight excluding hydrogens is 358 g/mol. The first-order valence-electron chi connectivity index (χ1n) is 10.4. The fraction of sp³-hybridized carbons (Fsp3) is 0.750. The van der Waals surface area contributed by atoms with Gasteiger partial charge >= 0.3 is 0 Å². The molecule has 0 aromatic carbocycles. The average molecular weight is 392 g/mol. The van der Waals surface area contributed by atoms with Crippen molar-refractivity contribution in [2.45, 2.75) is 31.3 Å². The monoisotopic (exact) mass is 391 g/mol. The number of hydrogen-bond acceptors (Lipinski definition) is 5. The van der Waals surface area contributed by atoms with Crippen LogP contribution in [0.3, 0.4) is 0 Å². The molecule has 3 fully saturated rings. The van der Waals surface area contributed by atoms with Crippen molar-refractivity contribution in [3.63, 3.8) is 0 Å². The van der Waals surface area contributed by atoms with Gasteiger partial charge < -0.3 is 20.3 Å². The number of aliphatic imine (C=N–C) groups is 1. The van der Waals surface area contributed by atoms with E-state index in [4.69, 9.17) is 4.74 Å². The molecular formula is C20H33N5OS. The third-order valence-corrected chi connectivity index (χ3v) is 6.96. The molecule has 2 aliphatic heterocycles. The molecule has 1 saturated carbocycles. The van der Waals surface area contributed by atoms with Crippen molar-refractivity contribution in [3.8, 4) is 0 Å². The minimum Gasteiger partial charge on any atom is -0.379 e. The highest BCUT2D eigenvalue weighted by Gasteiger charge is 2.34. The Morgan fingerprint density at radius 2 is 2.11 bits per heavy atom. The van der Waals surface area contributed by atoms with Crippen LogP contribution in [0.5, 0.6) is 0 Å². The number of nitrogens with zero attached hydrogens (tertiary/aromatic N) is 3. The van der Waals surface area contributed by atoms with E-state index in [1.165, 1.54) is 37.2 Å². The van der Waals surface area contributed by atoms with Crippen LogP contribution >= 0.6 is 11.3 Å². The molecule has 2 N–H and O–H groups in total. The first kappa shape index (κ1) is 19.2. The molecule has 6 nitrogen and oxygen atoms in total. The fourth-order valence-electron chi connectivity index (χ4n) is 4.24. The summed E-state index contributed by atoms with van der Waals surface area (Å²) in [5.74, 6) is 1.67. The predicted molar refractivity (Wildman–Crippen MR) is 112 cm³/mol. The summed E-state index contributed by atoms with van der Waals surface area (Å²) < 4.78 is 5.54. The van der Waals surface area contributed by atoms with E-state index in [1.54, 1.807) is 0 Å². The van der Waals surface area contributed by atoms with Crippen LogP contribution in [0.15, 0.2) is 22.5 Å². The summed E-state index contributed by atoms with van der Waals surface area (Å²) >= 11 is 1.84. The quantitative estimate of drug-likeness (QED) is 0.548. The molecule has 3 heterocycles. The van der Waals surface area contributed by atoms with Crippen molar-refractivity contribution < 1.29 is 4.74 Å². The van der Waals surface area contributed by atoms with E-state index < -0.39 is 0 Å². The molecule has 0 bridgehead atoms. The van der Waals surface area contributed by atoms with Crippen LogP contribution in [0, 0.1) is 5.92 Å². The molecule has 1 aromatic rings. The van der Waals surface area contributed by atoms with E-state index in [9.17, 15) is 0 Å². The van der Waals surface area contributed by atoms with Gasteiger partial charge in [-0.2, -0.15) is 0 Å². The zero-order valence-corrected chi connectivity index (χ0v) is 17.2. The van der Waals surface area contributed by atoms with Crippen LogP contribution in [0.25, 0.3) is 0 Å². The van der Waals surface area contributed by atoms with Gasteiger partial charge in [-0.1, -0.05) is 6.07 Å². The molecule has 1 aliphatic carbocycles. The first-order chi connectivity index (χ1) is 13.3. The number of thiophene rings is 1. The van der Waals surface area contributed by atoms with Crippen molar-refractivity contribution >= 4 is 17.3 Å². The molecule has 4 rings (SSSR count). The Morgan fingerprint density at radius 1 is 1.26 bits per heavy atom. The third-order valence-electron chi connectivity index (χ3n) is 5.98. The van der Waals surface area contributed by atoms with Crippen LogP contribution in [-0.2, 0) is 4.74 Å². The number of likely N-dealkylation sites (tertiary alicyclic amines) is 1. The van der Waals surface area contributed by atoms with Crippen molar-refractivity contribution in [1.29, 1.82) is 0 Å². The van der Waals surface area contributed by atoms with Gasteiger partial charge in [-0.25, -0.2) is 0 Å². The molecule has 150 valence electrons. The second-order valence-corrected chi connectivity index (χ2v) is 8.87. The minimum atomic E-state index is 0.379. The van der Waals surface area contributed by atoms with Crippen LogP contribution in [0.2, 0.25) is 0 Å². The largest absolute Gasteiger partial charge is 0.379 e. The highest BCUT2D eigenvalue weighted by Crippen LogP contribution is 2.31. The normalized spacial score (nSPS) is 26.3. The smallest absolute Gasteiger partial charge is 0.191 e. The highest BCUT2D eigenvalue weighted by molar-refractivity contribution is 7.10. The number of ether oxygens (including phenoxy) is 1. The zero-order valence-electron chi connectivity index (χ0n) is 16.4. The molecule has 2 saturated heterocycles. The predicted octanol–water partition coefficient (Wildman–Crippen LogP) is 1.77. The zero-order chi connectivity index (χ0) is 18.5. The third kappa shape index (κ3) is 5.22. The number of morpholine rings is 1. The van der Waals surface area contributed by atoms with E-state index in [2.05, 4.69) is 42.9 Å². The lowest BCUT2D eigenvalue weighted by molar-refractivity contribution is 0.0177. The summed E-state index contributed by atoms with van der Waals surface area (Å²) in [6.45, 7) is 8.07. The van der Waals surface area contributed by atoms with Gasteiger partial charge in [-0.3, -0.25) is 9.89 Å². The van der Waals surface area contributed by atoms with E-state index in [0.717, 1.165) is 57.3 Å². The van der Waals surface area contributed by atoms with Gasteiger partial charge in [0.2, 0.25) is 0 Å². The highest BCUT2D eigenvalue weighted by atomic mass is 32.1. The van der Waals surface area contributed by atoms with Gasteiger partial charge in [-0.15, -0.1) is 11.3 Å². The molecule has 27 heavy (non-hydrogen) atoms. The van der Waals surface area contributed by atoms with Gasteiger partial charge in [0.05, 0.1) is 19.3 Å². The second kappa shape index (κ2) is 9.37. The summed E-state index contributed by atoms with van der Waals surface area (Å²) in [6, 6.07) is 5.66. The second-order valence-electron chi connectivity index (χ2n) is 7.89. The van der Waals surface area contributed by atoms with Gasteiger partial charge in [0.1, 0.15) is 0 Å². The van der Waals surface area contributed by atoms with E-state index in [-0.39, 0.29) is 0 Å².